The van der Waals surface area contributed by atoms with E-state index in [1.165, 1.54) is 27.2 Å². The van der Waals surface area contributed by atoms with Crippen molar-refractivity contribution in [2.24, 2.45) is 16.2 Å². The Balaban J connectivity index is 1.57. The van der Waals surface area contributed by atoms with Gasteiger partial charge in [0.1, 0.15) is 17.8 Å². The molecule has 0 saturated carbocycles. The molecule has 4 saturated heterocycles. The maximum Gasteiger partial charge on any atom is 0.338 e. The SMILES string of the molecule is COC(=O)/C=C1\C[C@H]2C[C@H]([C@@H](C)O)OC(=O)C[C@H](O)C[C@@H]3C[C@H](OC(=O)C(C)(C)C)C(C)(C)[C@](O)(C[C@@H]4CC5(C[C@H](/C=C\C(C)(C)[C@@](O)(C1)O2)O4)OC5C(=O)OC)O3. The van der Waals surface area contributed by atoms with Crippen LogP contribution in [-0.2, 0) is 57.1 Å². The molecular formula is C42H64O16. The molecule has 4 fully saturated rings. The van der Waals surface area contributed by atoms with E-state index in [4.69, 9.17) is 37.9 Å². The monoisotopic (exact) mass is 824 g/mol. The minimum absolute atomic E-state index is 0.0724. The van der Waals surface area contributed by atoms with E-state index in [0.717, 1.165) is 0 Å². The lowest BCUT2D eigenvalue weighted by Crippen LogP contribution is -2.63. The molecule has 5 aliphatic rings. The average Bonchev–Trinajstić information content (AvgIpc) is 3.78. The zero-order valence-corrected chi connectivity index (χ0v) is 35.5. The topological polar surface area (TPSA) is 226 Å². The Morgan fingerprint density at radius 1 is 0.897 bits per heavy atom. The van der Waals surface area contributed by atoms with Crippen LogP contribution in [0.1, 0.15) is 113 Å². The van der Waals surface area contributed by atoms with Crippen molar-refractivity contribution >= 4 is 23.9 Å². The van der Waals surface area contributed by atoms with Gasteiger partial charge in [0.05, 0.1) is 68.1 Å². The smallest absolute Gasteiger partial charge is 0.338 e. The summed E-state index contributed by atoms with van der Waals surface area (Å²) in [4.78, 5) is 51.8. The molecule has 0 radical (unpaired) electrons. The van der Waals surface area contributed by atoms with Crippen LogP contribution in [0, 0.1) is 16.2 Å². The van der Waals surface area contributed by atoms with E-state index in [2.05, 4.69) is 0 Å². The van der Waals surface area contributed by atoms with Crippen molar-refractivity contribution in [1.82, 2.24) is 0 Å². The summed E-state index contributed by atoms with van der Waals surface area (Å²) >= 11 is 0. The van der Waals surface area contributed by atoms with Crippen molar-refractivity contribution in [3.8, 4) is 0 Å². The molecule has 328 valence electrons. The predicted molar refractivity (Wildman–Crippen MR) is 203 cm³/mol. The molecule has 58 heavy (non-hydrogen) atoms. The molecule has 5 aliphatic heterocycles. The summed E-state index contributed by atoms with van der Waals surface area (Å²) in [7, 11) is 2.51. The van der Waals surface area contributed by atoms with Crippen LogP contribution in [0.5, 0.6) is 0 Å². The highest BCUT2D eigenvalue weighted by molar-refractivity contribution is 5.82. The van der Waals surface area contributed by atoms with Gasteiger partial charge in [0, 0.05) is 56.4 Å². The molecule has 4 N–H and O–H groups in total. The molecule has 1 spiro atoms. The van der Waals surface area contributed by atoms with Gasteiger partial charge in [-0.15, -0.1) is 0 Å². The Labute approximate surface area is 340 Å². The zero-order valence-electron chi connectivity index (χ0n) is 35.5. The number of fused-ring (bicyclic) bond motifs is 6. The highest BCUT2D eigenvalue weighted by Crippen LogP contribution is 2.54. The molecule has 16 heteroatoms. The Bertz CT molecular complexity index is 1610. The number of esters is 4. The van der Waals surface area contributed by atoms with Crippen LogP contribution in [0.2, 0.25) is 0 Å². The van der Waals surface area contributed by atoms with Gasteiger partial charge in [-0.3, -0.25) is 9.59 Å². The van der Waals surface area contributed by atoms with Crippen LogP contribution in [0.25, 0.3) is 0 Å². The number of hydrogen-bond donors (Lipinski definition) is 4. The van der Waals surface area contributed by atoms with Crippen molar-refractivity contribution < 1.29 is 77.5 Å². The highest BCUT2D eigenvalue weighted by Gasteiger charge is 2.66. The Hall–Kier alpha value is -2.96. The van der Waals surface area contributed by atoms with Crippen LogP contribution >= 0.6 is 0 Å². The van der Waals surface area contributed by atoms with E-state index in [1.807, 2.05) is 0 Å². The molecule has 5 heterocycles. The Morgan fingerprint density at radius 3 is 2.19 bits per heavy atom. The van der Waals surface area contributed by atoms with Gasteiger partial charge in [0.15, 0.2) is 17.7 Å². The standard InChI is InChI=1S/C42H64O16/c1-23(43)30-17-27-13-24(14-32(45)51-9)19-41(49,56-27)38(5,6)12-11-26-20-40(34(58-40)35(47)52-10)21-29(53-26)22-42(50)39(7,8)31(55-36(48)37(2,3)4)18-28(57-42)15-25(44)16-33(46)54-30/h11-12,14,23,25-31,34,43-44,49-50H,13,15-22H2,1-10H3/b12-11-,24-14+/t23-,25-,26+,27+,28-,29+,30-,31+,34?,40?,41-,42+/m1/s1. The van der Waals surface area contributed by atoms with Crippen molar-refractivity contribution in [3.05, 3.63) is 23.8 Å². The molecule has 6 bridgehead atoms. The van der Waals surface area contributed by atoms with Gasteiger partial charge in [-0.1, -0.05) is 45.4 Å². The van der Waals surface area contributed by atoms with E-state index in [-0.39, 0.29) is 51.4 Å². The molecule has 2 unspecified atom stereocenters. The van der Waals surface area contributed by atoms with E-state index >= 15 is 0 Å². The first-order chi connectivity index (χ1) is 26.7. The minimum atomic E-state index is -2.04. The van der Waals surface area contributed by atoms with Crippen LogP contribution in [0.4, 0.5) is 0 Å². The molecular weight excluding hydrogens is 760 g/mol. The molecule has 0 aromatic heterocycles. The first-order valence-electron chi connectivity index (χ1n) is 20.2. The first kappa shape index (κ1) is 46.1. The average molecular weight is 825 g/mol. The van der Waals surface area contributed by atoms with Crippen molar-refractivity contribution in [3.63, 3.8) is 0 Å². The second kappa shape index (κ2) is 16.8. The molecule has 0 aromatic rings. The van der Waals surface area contributed by atoms with Gasteiger partial charge in [0.2, 0.25) is 0 Å². The third-order valence-corrected chi connectivity index (χ3v) is 12.5. The summed E-state index contributed by atoms with van der Waals surface area (Å²) in [6.45, 7) is 13.5. The third-order valence-electron chi connectivity index (χ3n) is 12.5. The summed E-state index contributed by atoms with van der Waals surface area (Å²) in [6, 6.07) is 0. The van der Waals surface area contributed by atoms with Crippen molar-refractivity contribution in [2.45, 2.75) is 185 Å². The molecule has 5 rings (SSSR count). The van der Waals surface area contributed by atoms with Crippen LogP contribution in [0.15, 0.2) is 23.8 Å². The fourth-order valence-electron chi connectivity index (χ4n) is 8.55. The van der Waals surface area contributed by atoms with E-state index in [1.54, 1.807) is 60.6 Å². The summed E-state index contributed by atoms with van der Waals surface area (Å²) in [6.07, 6.45) is -4.27. The zero-order chi connectivity index (χ0) is 43.2. The Kier molecular flexibility index (Phi) is 13.4. The lowest BCUT2D eigenvalue weighted by atomic mass is 9.70. The number of cyclic esters (lactones) is 1. The first-order valence-corrected chi connectivity index (χ1v) is 20.2. The minimum Gasteiger partial charge on any atom is -0.467 e. The summed E-state index contributed by atoms with van der Waals surface area (Å²) in [5, 5.41) is 46.9. The number of aliphatic hydroxyl groups excluding tert-OH is 2. The normalized spacial score (nSPS) is 41.0. The van der Waals surface area contributed by atoms with E-state index in [9.17, 15) is 39.6 Å². The maximum absolute atomic E-state index is 13.3. The highest BCUT2D eigenvalue weighted by atomic mass is 16.7. The predicted octanol–water partition coefficient (Wildman–Crippen LogP) is 3.08. The summed E-state index contributed by atoms with van der Waals surface area (Å²) in [5.41, 5.74) is -3.79. The summed E-state index contributed by atoms with van der Waals surface area (Å²) < 4.78 is 47.1. The van der Waals surface area contributed by atoms with Gasteiger partial charge in [-0.25, -0.2) is 9.59 Å². The van der Waals surface area contributed by atoms with Crippen molar-refractivity contribution in [1.29, 1.82) is 0 Å². The van der Waals surface area contributed by atoms with Gasteiger partial charge in [-0.2, -0.15) is 0 Å². The quantitative estimate of drug-likeness (QED) is 0.105. The lowest BCUT2D eigenvalue weighted by molar-refractivity contribution is -0.350. The lowest BCUT2D eigenvalue weighted by Gasteiger charge is -2.54. The number of carbonyl (C=O) groups is 4. The number of ether oxygens (including phenoxy) is 8. The van der Waals surface area contributed by atoms with Crippen LogP contribution in [0.3, 0.4) is 0 Å². The van der Waals surface area contributed by atoms with Crippen LogP contribution in [-0.4, -0.2) is 131 Å². The number of aliphatic hydroxyl groups is 4. The summed E-state index contributed by atoms with van der Waals surface area (Å²) in [5.74, 6) is -6.49. The number of carbonyl (C=O) groups excluding carboxylic acids is 4. The third kappa shape index (κ3) is 9.97. The number of rotatable bonds is 4. The van der Waals surface area contributed by atoms with Gasteiger partial charge in [0.25, 0.3) is 0 Å². The van der Waals surface area contributed by atoms with Crippen LogP contribution < -0.4 is 0 Å². The number of epoxide rings is 1. The molecule has 0 amide bonds. The molecule has 0 aliphatic carbocycles. The fraction of sp³-hybridized carbons (Fsp3) is 0.810. The number of methoxy groups -OCH3 is 2. The molecule has 12 atom stereocenters. The number of hydrogen-bond acceptors (Lipinski definition) is 16. The second-order valence-corrected chi connectivity index (χ2v) is 19.0. The van der Waals surface area contributed by atoms with Gasteiger partial charge >= 0.3 is 23.9 Å². The fourth-order valence-corrected chi connectivity index (χ4v) is 8.55. The molecule has 0 aromatic carbocycles. The second-order valence-electron chi connectivity index (χ2n) is 19.0. The molecule has 16 nitrogen and oxygen atoms in total. The van der Waals surface area contributed by atoms with E-state index < -0.39 is 119 Å². The van der Waals surface area contributed by atoms with Gasteiger partial charge in [-0.05, 0) is 34.1 Å². The van der Waals surface area contributed by atoms with E-state index in [0.29, 0.717) is 5.57 Å². The van der Waals surface area contributed by atoms with Crippen molar-refractivity contribution in [2.75, 3.05) is 14.2 Å². The Morgan fingerprint density at radius 2 is 1.57 bits per heavy atom. The van der Waals surface area contributed by atoms with Gasteiger partial charge < -0.3 is 58.3 Å². The largest absolute Gasteiger partial charge is 0.467 e. The maximum atomic E-state index is 13.3.